The number of benzene rings is 2. The molecule has 104 valence electrons. The van der Waals surface area contributed by atoms with Crippen molar-refractivity contribution in [2.24, 2.45) is 5.73 Å². The number of hydrogen-bond acceptors (Lipinski definition) is 1. The van der Waals surface area contributed by atoms with Crippen LogP contribution in [0.5, 0.6) is 0 Å². The number of rotatable bonds is 3. The first-order chi connectivity index (χ1) is 9.64. The number of hydrogen-bond donors (Lipinski definition) is 1. The maximum absolute atomic E-state index is 6.13. The fourth-order valence-electron chi connectivity index (χ4n) is 3.44. The number of nitrogens with two attached hydrogens (primary N) is 1. The van der Waals surface area contributed by atoms with Crippen molar-refractivity contribution >= 4 is 0 Å². The molecule has 1 nitrogen and oxygen atoms in total. The minimum Gasteiger partial charge on any atom is -0.330 e. The largest absolute Gasteiger partial charge is 0.330 e. The minimum atomic E-state index is 0.193. The van der Waals surface area contributed by atoms with E-state index in [1.807, 2.05) is 0 Å². The predicted molar refractivity (Wildman–Crippen MR) is 85.1 cm³/mol. The van der Waals surface area contributed by atoms with Crippen LogP contribution in [0.1, 0.15) is 41.0 Å². The Balaban J connectivity index is 1.83. The molecule has 0 heterocycles. The third-order valence-electron chi connectivity index (χ3n) is 5.06. The maximum Gasteiger partial charge on any atom is 0.00872 e. The molecule has 1 fully saturated rings. The van der Waals surface area contributed by atoms with Crippen LogP contribution in [-0.2, 0) is 5.41 Å². The van der Waals surface area contributed by atoms with Gasteiger partial charge in [-0.3, -0.25) is 0 Å². The van der Waals surface area contributed by atoms with Crippen LogP contribution in [-0.4, -0.2) is 6.54 Å². The molecule has 2 aromatic carbocycles. The topological polar surface area (TPSA) is 26.0 Å². The van der Waals surface area contributed by atoms with E-state index in [1.54, 1.807) is 0 Å². The zero-order valence-corrected chi connectivity index (χ0v) is 12.4. The van der Waals surface area contributed by atoms with E-state index in [-0.39, 0.29) is 5.41 Å². The van der Waals surface area contributed by atoms with Crippen LogP contribution in [0.25, 0.3) is 0 Å². The Kier molecular flexibility index (Phi) is 3.39. The van der Waals surface area contributed by atoms with E-state index >= 15 is 0 Å². The van der Waals surface area contributed by atoms with Gasteiger partial charge in [-0.1, -0.05) is 48.5 Å². The molecule has 1 aliphatic rings. The Bertz CT molecular complexity index is 594. The Morgan fingerprint density at radius 2 is 1.70 bits per heavy atom. The highest BCUT2D eigenvalue weighted by atomic mass is 14.6. The summed E-state index contributed by atoms with van der Waals surface area (Å²) in [6.07, 6.45) is 2.35. The molecule has 0 atom stereocenters. The smallest absolute Gasteiger partial charge is 0.00872 e. The number of aryl methyl sites for hydroxylation is 2. The predicted octanol–water partition coefficient (Wildman–Crippen LogP) is 4.08. The molecule has 0 bridgehead atoms. The van der Waals surface area contributed by atoms with Gasteiger partial charge in [-0.15, -0.1) is 0 Å². The summed E-state index contributed by atoms with van der Waals surface area (Å²) in [6, 6.07) is 17.7. The van der Waals surface area contributed by atoms with Crippen LogP contribution in [0.3, 0.4) is 0 Å². The van der Waals surface area contributed by atoms with Crippen LogP contribution in [0, 0.1) is 13.8 Å². The van der Waals surface area contributed by atoms with Crippen molar-refractivity contribution in [3.63, 3.8) is 0 Å². The van der Waals surface area contributed by atoms with Crippen LogP contribution >= 0.6 is 0 Å². The molecular weight excluding hydrogens is 242 g/mol. The van der Waals surface area contributed by atoms with E-state index in [2.05, 4.69) is 62.4 Å². The van der Waals surface area contributed by atoms with Crippen molar-refractivity contribution in [3.05, 3.63) is 70.8 Å². The summed E-state index contributed by atoms with van der Waals surface area (Å²) in [5.41, 5.74) is 11.9. The molecule has 20 heavy (non-hydrogen) atoms. The highest BCUT2D eigenvalue weighted by molar-refractivity contribution is 5.39. The van der Waals surface area contributed by atoms with Gasteiger partial charge in [0.2, 0.25) is 0 Å². The Labute approximate surface area is 121 Å². The zero-order valence-electron chi connectivity index (χ0n) is 12.4. The standard InChI is InChI=1S/C19H23N/c1-14-8-9-18(10-15(14)2)19(13-20)11-17(12-19)16-6-4-3-5-7-16/h3-10,17H,11-13,20H2,1-2H3. The maximum atomic E-state index is 6.13. The van der Waals surface area contributed by atoms with Crippen LogP contribution in [0.4, 0.5) is 0 Å². The van der Waals surface area contributed by atoms with Crippen LogP contribution in [0.15, 0.2) is 48.5 Å². The van der Waals surface area contributed by atoms with Gasteiger partial charge in [0.25, 0.3) is 0 Å². The van der Waals surface area contributed by atoms with Gasteiger partial charge >= 0.3 is 0 Å². The molecule has 1 aliphatic carbocycles. The molecule has 0 aromatic heterocycles. The van der Waals surface area contributed by atoms with Gasteiger partial charge in [-0.2, -0.15) is 0 Å². The average Bonchev–Trinajstić information content (AvgIpc) is 2.43. The van der Waals surface area contributed by atoms with Crippen molar-refractivity contribution in [1.82, 2.24) is 0 Å². The molecule has 0 aliphatic heterocycles. The van der Waals surface area contributed by atoms with Gasteiger partial charge in [-0.25, -0.2) is 0 Å². The van der Waals surface area contributed by atoms with Gasteiger partial charge in [0.1, 0.15) is 0 Å². The average molecular weight is 265 g/mol. The second kappa shape index (κ2) is 5.06. The molecule has 0 saturated heterocycles. The van der Waals surface area contributed by atoms with Gasteiger partial charge in [-0.05, 0) is 54.9 Å². The lowest BCUT2D eigenvalue weighted by molar-refractivity contribution is 0.209. The van der Waals surface area contributed by atoms with Crippen molar-refractivity contribution in [1.29, 1.82) is 0 Å². The fourth-order valence-corrected chi connectivity index (χ4v) is 3.44. The molecule has 1 saturated carbocycles. The van der Waals surface area contributed by atoms with Gasteiger partial charge in [0, 0.05) is 12.0 Å². The molecule has 0 unspecified atom stereocenters. The Morgan fingerprint density at radius 1 is 1.00 bits per heavy atom. The summed E-state index contributed by atoms with van der Waals surface area (Å²) in [4.78, 5) is 0. The van der Waals surface area contributed by atoms with E-state index < -0.39 is 0 Å². The molecule has 0 spiro atoms. The van der Waals surface area contributed by atoms with Crippen molar-refractivity contribution in [2.75, 3.05) is 6.54 Å². The first kappa shape index (κ1) is 13.4. The molecular formula is C19H23N. The van der Waals surface area contributed by atoms with E-state index in [9.17, 15) is 0 Å². The Morgan fingerprint density at radius 3 is 2.30 bits per heavy atom. The zero-order chi connectivity index (χ0) is 14.2. The first-order valence-electron chi connectivity index (χ1n) is 7.47. The van der Waals surface area contributed by atoms with E-state index in [4.69, 9.17) is 5.73 Å². The molecule has 0 amide bonds. The van der Waals surface area contributed by atoms with Crippen LogP contribution in [0.2, 0.25) is 0 Å². The third-order valence-corrected chi connectivity index (χ3v) is 5.06. The van der Waals surface area contributed by atoms with Crippen molar-refractivity contribution in [2.45, 2.75) is 38.0 Å². The highest BCUT2D eigenvalue weighted by Gasteiger charge is 2.44. The SMILES string of the molecule is Cc1ccc(C2(CN)CC(c3ccccc3)C2)cc1C. The first-order valence-corrected chi connectivity index (χ1v) is 7.47. The van der Waals surface area contributed by atoms with E-state index in [0.717, 1.165) is 6.54 Å². The van der Waals surface area contributed by atoms with Gasteiger partial charge in [0.05, 0.1) is 0 Å². The summed E-state index contributed by atoms with van der Waals surface area (Å²) in [5.74, 6) is 0.668. The lowest BCUT2D eigenvalue weighted by Crippen LogP contribution is -2.46. The molecule has 3 rings (SSSR count). The van der Waals surface area contributed by atoms with Crippen LogP contribution < -0.4 is 5.73 Å². The molecule has 1 heteroatoms. The second-order valence-corrected chi connectivity index (χ2v) is 6.30. The lowest BCUT2D eigenvalue weighted by atomic mass is 9.57. The highest BCUT2D eigenvalue weighted by Crippen LogP contribution is 2.52. The molecule has 2 aromatic rings. The monoisotopic (exact) mass is 265 g/mol. The second-order valence-electron chi connectivity index (χ2n) is 6.30. The summed E-state index contributed by atoms with van der Waals surface area (Å²) in [5, 5.41) is 0. The Hall–Kier alpha value is -1.60. The summed E-state index contributed by atoms with van der Waals surface area (Å²) in [6.45, 7) is 5.11. The molecule has 0 radical (unpaired) electrons. The summed E-state index contributed by atoms with van der Waals surface area (Å²) in [7, 11) is 0. The van der Waals surface area contributed by atoms with Crippen molar-refractivity contribution in [3.8, 4) is 0 Å². The third kappa shape index (κ3) is 2.16. The normalized spacial score (nSPS) is 25.2. The van der Waals surface area contributed by atoms with Gasteiger partial charge in [0.15, 0.2) is 0 Å². The fraction of sp³-hybridized carbons (Fsp3) is 0.368. The van der Waals surface area contributed by atoms with Gasteiger partial charge < -0.3 is 5.73 Å². The van der Waals surface area contributed by atoms with E-state index in [1.165, 1.54) is 35.1 Å². The van der Waals surface area contributed by atoms with Crippen molar-refractivity contribution < 1.29 is 0 Å². The summed E-state index contributed by atoms with van der Waals surface area (Å²) >= 11 is 0. The molecule has 2 N–H and O–H groups in total. The quantitative estimate of drug-likeness (QED) is 0.889. The lowest BCUT2D eigenvalue weighted by Gasteiger charge is -2.48. The summed E-state index contributed by atoms with van der Waals surface area (Å²) < 4.78 is 0. The van der Waals surface area contributed by atoms with E-state index in [0.29, 0.717) is 5.92 Å². The minimum absolute atomic E-state index is 0.193.